The number of aryl methyl sites for hydroxylation is 1. The fourth-order valence-electron chi connectivity index (χ4n) is 3.08. The summed E-state index contributed by atoms with van der Waals surface area (Å²) in [6, 6.07) is 21.3. The van der Waals surface area contributed by atoms with E-state index in [1.54, 1.807) is 0 Å². The fourth-order valence-corrected chi connectivity index (χ4v) is 3.25. The SMILES string of the molecule is Cc1cccc2ccc3ccc4ccc(Cl)cc4c3c12. The van der Waals surface area contributed by atoms with E-state index >= 15 is 0 Å². The molecule has 0 aromatic heterocycles. The van der Waals surface area contributed by atoms with E-state index in [0.29, 0.717) is 0 Å². The van der Waals surface area contributed by atoms with E-state index in [0.717, 1.165) is 5.02 Å². The Morgan fingerprint density at radius 2 is 1.35 bits per heavy atom. The molecule has 0 aliphatic rings. The molecule has 4 aromatic rings. The van der Waals surface area contributed by atoms with Gasteiger partial charge < -0.3 is 0 Å². The molecule has 96 valence electrons. The molecule has 4 aromatic carbocycles. The van der Waals surface area contributed by atoms with E-state index < -0.39 is 0 Å². The maximum atomic E-state index is 6.21. The molecule has 20 heavy (non-hydrogen) atoms. The first-order chi connectivity index (χ1) is 9.74. The average molecular weight is 277 g/mol. The second kappa shape index (κ2) is 4.22. The Balaban J connectivity index is 2.38. The van der Waals surface area contributed by atoms with Gasteiger partial charge in [-0.2, -0.15) is 0 Å². The Labute approximate surface area is 122 Å². The van der Waals surface area contributed by atoms with Gasteiger partial charge in [0, 0.05) is 5.02 Å². The van der Waals surface area contributed by atoms with E-state index in [1.807, 2.05) is 6.07 Å². The van der Waals surface area contributed by atoms with E-state index in [9.17, 15) is 0 Å². The van der Waals surface area contributed by atoms with Crippen LogP contribution in [0.5, 0.6) is 0 Å². The number of halogens is 1. The monoisotopic (exact) mass is 276 g/mol. The van der Waals surface area contributed by atoms with Gasteiger partial charge in [-0.05, 0) is 56.9 Å². The predicted octanol–water partition coefficient (Wildman–Crippen LogP) is 6.11. The molecule has 0 N–H and O–H groups in total. The number of rotatable bonds is 0. The predicted molar refractivity (Wildman–Crippen MR) is 88.7 cm³/mol. The van der Waals surface area contributed by atoms with Crippen molar-refractivity contribution in [2.45, 2.75) is 6.92 Å². The van der Waals surface area contributed by atoms with Crippen LogP contribution in [0.1, 0.15) is 5.56 Å². The maximum absolute atomic E-state index is 6.21. The van der Waals surface area contributed by atoms with Crippen molar-refractivity contribution in [1.29, 1.82) is 0 Å². The molecule has 0 amide bonds. The zero-order valence-corrected chi connectivity index (χ0v) is 11.9. The Morgan fingerprint density at radius 3 is 2.15 bits per heavy atom. The first kappa shape index (κ1) is 11.7. The van der Waals surface area contributed by atoms with Crippen LogP contribution in [0.2, 0.25) is 5.02 Å². The van der Waals surface area contributed by atoms with Crippen LogP contribution in [0.4, 0.5) is 0 Å². The maximum Gasteiger partial charge on any atom is 0.0412 e. The van der Waals surface area contributed by atoms with Gasteiger partial charge in [0.15, 0.2) is 0 Å². The standard InChI is InChI=1S/C19H13Cl/c1-12-3-2-4-14-7-8-15-6-5-13-9-10-16(20)11-17(13)19(15)18(12)14/h2-11H,1H3. The largest absolute Gasteiger partial charge is 0.0843 e. The smallest absolute Gasteiger partial charge is 0.0412 e. The normalized spacial score (nSPS) is 11.5. The molecular weight excluding hydrogens is 264 g/mol. The lowest BCUT2D eigenvalue weighted by Crippen LogP contribution is -1.84. The lowest BCUT2D eigenvalue weighted by atomic mass is 9.94. The second-order valence-corrected chi connectivity index (χ2v) is 5.70. The fraction of sp³-hybridized carbons (Fsp3) is 0.0526. The van der Waals surface area contributed by atoms with Crippen LogP contribution < -0.4 is 0 Å². The van der Waals surface area contributed by atoms with Crippen LogP contribution in [0, 0.1) is 6.92 Å². The van der Waals surface area contributed by atoms with Crippen LogP contribution >= 0.6 is 11.6 Å². The number of hydrogen-bond donors (Lipinski definition) is 0. The van der Waals surface area contributed by atoms with Crippen LogP contribution in [-0.4, -0.2) is 0 Å². The number of benzene rings is 4. The quantitative estimate of drug-likeness (QED) is 0.340. The highest BCUT2D eigenvalue weighted by molar-refractivity contribution is 6.32. The summed E-state index contributed by atoms with van der Waals surface area (Å²) in [5.74, 6) is 0. The summed E-state index contributed by atoms with van der Waals surface area (Å²) >= 11 is 6.21. The highest BCUT2D eigenvalue weighted by atomic mass is 35.5. The van der Waals surface area contributed by atoms with Gasteiger partial charge in [0.2, 0.25) is 0 Å². The van der Waals surface area contributed by atoms with Crippen LogP contribution in [0.25, 0.3) is 32.3 Å². The molecule has 0 aliphatic carbocycles. The van der Waals surface area contributed by atoms with E-state index in [-0.39, 0.29) is 0 Å². The molecule has 0 nitrogen and oxygen atoms in total. The minimum atomic E-state index is 0.788. The van der Waals surface area contributed by atoms with Crippen LogP contribution in [0.15, 0.2) is 60.7 Å². The van der Waals surface area contributed by atoms with Crippen molar-refractivity contribution in [1.82, 2.24) is 0 Å². The highest BCUT2D eigenvalue weighted by Gasteiger charge is 2.07. The Hall–Kier alpha value is -2.05. The lowest BCUT2D eigenvalue weighted by Gasteiger charge is -2.10. The van der Waals surface area contributed by atoms with Gasteiger partial charge in [-0.15, -0.1) is 0 Å². The van der Waals surface area contributed by atoms with Crippen molar-refractivity contribution in [3.63, 3.8) is 0 Å². The lowest BCUT2D eigenvalue weighted by molar-refractivity contribution is 1.55. The van der Waals surface area contributed by atoms with Gasteiger partial charge >= 0.3 is 0 Å². The molecule has 0 saturated heterocycles. The summed E-state index contributed by atoms with van der Waals surface area (Å²) in [4.78, 5) is 0. The van der Waals surface area contributed by atoms with Crippen molar-refractivity contribution in [3.05, 3.63) is 71.2 Å². The molecule has 0 bridgehead atoms. The van der Waals surface area contributed by atoms with Gasteiger partial charge in [-0.1, -0.05) is 60.1 Å². The summed E-state index contributed by atoms with van der Waals surface area (Å²) in [6.07, 6.45) is 0. The molecule has 0 aliphatic heterocycles. The Bertz CT molecular complexity index is 962. The second-order valence-electron chi connectivity index (χ2n) is 5.27. The van der Waals surface area contributed by atoms with E-state index in [2.05, 4.69) is 61.5 Å². The first-order valence-electron chi connectivity index (χ1n) is 6.74. The summed E-state index contributed by atoms with van der Waals surface area (Å²) in [7, 11) is 0. The third-order valence-corrected chi connectivity index (χ3v) is 4.25. The first-order valence-corrected chi connectivity index (χ1v) is 7.12. The third-order valence-electron chi connectivity index (χ3n) is 4.01. The molecule has 0 atom stereocenters. The summed E-state index contributed by atoms with van der Waals surface area (Å²) < 4.78 is 0. The minimum Gasteiger partial charge on any atom is -0.0843 e. The molecule has 0 unspecified atom stereocenters. The topological polar surface area (TPSA) is 0 Å². The molecule has 0 fully saturated rings. The molecular formula is C19H13Cl. The summed E-state index contributed by atoms with van der Waals surface area (Å²) in [5, 5.41) is 8.44. The van der Waals surface area contributed by atoms with Gasteiger partial charge in [-0.25, -0.2) is 0 Å². The van der Waals surface area contributed by atoms with Crippen molar-refractivity contribution in [2.24, 2.45) is 0 Å². The Kier molecular flexibility index (Phi) is 2.48. The number of hydrogen-bond acceptors (Lipinski definition) is 0. The molecule has 0 spiro atoms. The van der Waals surface area contributed by atoms with Crippen LogP contribution in [0.3, 0.4) is 0 Å². The third kappa shape index (κ3) is 1.62. The summed E-state index contributed by atoms with van der Waals surface area (Å²) in [6.45, 7) is 2.17. The summed E-state index contributed by atoms with van der Waals surface area (Å²) in [5.41, 5.74) is 1.31. The molecule has 4 rings (SSSR count). The van der Waals surface area contributed by atoms with Gasteiger partial charge in [0.05, 0.1) is 0 Å². The molecule has 1 heteroatoms. The van der Waals surface area contributed by atoms with Crippen LogP contribution in [-0.2, 0) is 0 Å². The highest BCUT2D eigenvalue weighted by Crippen LogP contribution is 2.34. The van der Waals surface area contributed by atoms with Crippen molar-refractivity contribution >= 4 is 43.9 Å². The van der Waals surface area contributed by atoms with E-state index in [1.165, 1.54) is 37.9 Å². The van der Waals surface area contributed by atoms with Crippen molar-refractivity contribution < 1.29 is 0 Å². The molecule has 0 saturated carbocycles. The van der Waals surface area contributed by atoms with Crippen molar-refractivity contribution in [2.75, 3.05) is 0 Å². The molecule has 0 heterocycles. The average Bonchev–Trinajstić information content (AvgIpc) is 2.46. The molecule has 0 radical (unpaired) electrons. The minimum absolute atomic E-state index is 0.788. The number of fused-ring (bicyclic) bond motifs is 5. The zero-order valence-electron chi connectivity index (χ0n) is 11.2. The van der Waals surface area contributed by atoms with Gasteiger partial charge in [0.25, 0.3) is 0 Å². The zero-order chi connectivity index (χ0) is 13.7. The van der Waals surface area contributed by atoms with Crippen molar-refractivity contribution in [3.8, 4) is 0 Å². The Morgan fingerprint density at radius 1 is 0.700 bits per heavy atom. The van der Waals surface area contributed by atoms with E-state index in [4.69, 9.17) is 11.6 Å². The van der Waals surface area contributed by atoms with Gasteiger partial charge in [0.1, 0.15) is 0 Å². The van der Waals surface area contributed by atoms with Gasteiger partial charge in [-0.3, -0.25) is 0 Å².